The van der Waals surface area contributed by atoms with E-state index in [-0.39, 0.29) is 13.9 Å². The highest BCUT2D eigenvalue weighted by Crippen LogP contribution is 2.33. The van der Waals surface area contributed by atoms with E-state index in [1.165, 1.54) is 11.1 Å². The lowest BCUT2D eigenvalue weighted by Gasteiger charge is -2.25. The van der Waals surface area contributed by atoms with Crippen LogP contribution in [0.3, 0.4) is 0 Å². The molecule has 0 spiro atoms. The SMILES string of the molecule is CC1=C(CP=O)C=CC(C)(C)C1. The Morgan fingerprint density at radius 1 is 1.58 bits per heavy atom. The first-order valence-electron chi connectivity index (χ1n) is 4.22. The molecule has 0 amide bonds. The zero-order chi connectivity index (χ0) is 9.19. The van der Waals surface area contributed by atoms with Crippen molar-refractivity contribution >= 4 is 8.46 Å². The van der Waals surface area contributed by atoms with Crippen LogP contribution >= 0.6 is 8.46 Å². The first-order chi connectivity index (χ1) is 5.55. The van der Waals surface area contributed by atoms with Crippen LogP contribution in [0, 0.1) is 5.41 Å². The quantitative estimate of drug-likeness (QED) is 0.596. The molecule has 1 aliphatic carbocycles. The minimum atomic E-state index is 0.225. The molecule has 2 heteroatoms. The highest BCUT2D eigenvalue weighted by atomic mass is 31.1. The molecule has 0 unspecified atom stereocenters. The summed E-state index contributed by atoms with van der Waals surface area (Å²) in [6, 6.07) is 0. The molecular weight excluding hydrogens is 167 g/mol. The van der Waals surface area contributed by atoms with Crippen molar-refractivity contribution in [2.45, 2.75) is 27.2 Å². The molecule has 1 nitrogen and oxygen atoms in total. The Hall–Kier alpha value is -0.420. The lowest BCUT2D eigenvalue weighted by molar-refractivity contribution is 0.467. The molecule has 0 atom stereocenters. The first-order valence-corrected chi connectivity index (χ1v) is 5.22. The molecule has 0 fully saturated rings. The normalized spacial score (nSPS) is 21.9. The molecule has 1 rings (SSSR count). The van der Waals surface area contributed by atoms with E-state index < -0.39 is 0 Å². The number of rotatable bonds is 2. The third kappa shape index (κ3) is 2.28. The smallest absolute Gasteiger partial charge is 0.160 e. The van der Waals surface area contributed by atoms with Crippen molar-refractivity contribution in [2.75, 3.05) is 6.16 Å². The molecule has 0 aliphatic heterocycles. The largest absolute Gasteiger partial charge is 0.275 e. The summed E-state index contributed by atoms with van der Waals surface area (Å²) in [6.45, 7) is 6.57. The van der Waals surface area contributed by atoms with Gasteiger partial charge in [-0.2, -0.15) is 0 Å². The van der Waals surface area contributed by atoms with Crippen LogP contribution in [0.15, 0.2) is 23.3 Å². The number of hydrogen-bond donors (Lipinski definition) is 0. The van der Waals surface area contributed by atoms with Crippen LogP contribution in [-0.4, -0.2) is 6.16 Å². The van der Waals surface area contributed by atoms with Gasteiger partial charge in [-0.1, -0.05) is 31.6 Å². The highest BCUT2D eigenvalue weighted by molar-refractivity contribution is 7.24. The molecule has 0 radical (unpaired) electrons. The minimum absolute atomic E-state index is 0.225. The van der Waals surface area contributed by atoms with Crippen LogP contribution in [0.5, 0.6) is 0 Å². The van der Waals surface area contributed by atoms with Gasteiger partial charge in [0, 0.05) is 0 Å². The topological polar surface area (TPSA) is 17.1 Å². The summed E-state index contributed by atoms with van der Waals surface area (Å²) < 4.78 is 10.4. The molecule has 0 N–H and O–H groups in total. The molecule has 12 heavy (non-hydrogen) atoms. The van der Waals surface area contributed by atoms with Crippen molar-refractivity contribution in [3.63, 3.8) is 0 Å². The van der Waals surface area contributed by atoms with Gasteiger partial charge in [0.15, 0.2) is 8.46 Å². The molecule has 0 aromatic carbocycles. The summed E-state index contributed by atoms with van der Waals surface area (Å²) in [5.41, 5.74) is 2.91. The average Bonchev–Trinajstić information content (AvgIpc) is 1.94. The van der Waals surface area contributed by atoms with Gasteiger partial charge in [0.2, 0.25) is 0 Å². The molecule has 0 saturated heterocycles. The monoisotopic (exact) mass is 182 g/mol. The Labute approximate surface area is 75.8 Å². The van der Waals surface area contributed by atoms with Gasteiger partial charge in [-0.25, -0.2) is 0 Å². The fourth-order valence-corrected chi connectivity index (χ4v) is 2.10. The van der Waals surface area contributed by atoms with Crippen molar-refractivity contribution in [1.82, 2.24) is 0 Å². The van der Waals surface area contributed by atoms with E-state index in [1.54, 1.807) is 0 Å². The van der Waals surface area contributed by atoms with Gasteiger partial charge in [-0.3, -0.25) is 4.57 Å². The van der Waals surface area contributed by atoms with Gasteiger partial charge < -0.3 is 0 Å². The van der Waals surface area contributed by atoms with E-state index in [9.17, 15) is 4.57 Å². The molecule has 0 aromatic rings. The fraction of sp³-hybridized carbons (Fsp3) is 0.600. The van der Waals surface area contributed by atoms with Crippen molar-refractivity contribution in [2.24, 2.45) is 5.41 Å². The first kappa shape index (κ1) is 9.67. The summed E-state index contributed by atoms with van der Waals surface area (Å²) in [6.07, 6.45) is 6.08. The Balaban J connectivity index is 2.80. The molecule has 0 aromatic heterocycles. The van der Waals surface area contributed by atoms with Gasteiger partial charge in [0.25, 0.3) is 0 Å². The maximum atomic E-state index is 10.4. The van der Waals surface area contributed by atoms with Gasteiger partial charge in [-0.15, -0.1) is 0 Å². The van der Waals surface area contributed by atoms with Crippen LogP contribution in [0.2, 0.25) is 0 Å². The Morgan fingerprint density at radius 2 is 2.25 bits per heavy atom. The van der Waals surface area contributed by atoms with Gasteiger partial charge in [0.1, 0.15) is 0 Å². The van der Waals surface area contributed by atoms with Crippen molar-refractivity contribution in [3.8, 4) is 0 Å². The Morgan fingerprint density at radius 3 is 2.75 bits per heavy atom. The second kappa shape index (κ2) is 3.53. The van der Waals surface area contributed by atoms with Crippen molar-refractivity contribution in [3.05, 3.63) is 23.3 Å². The second-order valence-electron chi connectivity index (χ2n) is 4.09. The van der Waals surface area contributed by atoms with Crippen molar-refractivity contribution < 1.29 is 4.57 Å². The molecular formula is C10H15OP. The van der Waals surface area contributed by atoms with Gasteiger partial charge in [0.05, 0.1) is 6.16 Å². The summed E-state index contributed by atoms with van der Waals surface area (Å²) in [4.78, 5) is 0. The standard InChI is InChI=1S/C10H15OP/c1-8-6-10(2,3)5-4-9(8)7-12-11/h4-5H,6-7H2,1-3H3. The molecule has 0 heterocycles. The summed E-state index contributed by atoms with van der Waals surface area (Å²) >= 11 is 0. The van der Waals surface area contributed by atoms with Crippen LogP contribution in [0.4, 0.5) is 0 Å². The Bertz CT molecular complexity index is 249. The average molecular weight is 182 g/mol. The highest BCUT2D eigenvalue weighted by Gasteiger charge is 2.19. The van der Waals surface area contributed by atoms with Crippen LogP contribution in [0.25, 0.3) is 0 Å². The van der Waals surface area contributed by atoms with Crippen LogP contribution in [0.1, 0.15) is 27.2 Å². The predicted octanol–water partition coefficient (Wildman–Crippen LogP) is 3.58. The fourth-order valence-electron chi connectivity index (χ4n) is 1.58. The van der Waals surface area contributed by atoms with Gasteiger partial charge in [-0.05, 0) is 24.3 Å². The molecule has 66 valence electrons. The molecule has 0 saturated carbocycles. The van der Waals surface area contributed by atoms with Gasteiger partial charge >= 0.3 is 0 Å². The lowest BCUT2D eigenvalue weighted by atomic mass is 9.80. The van der Waals surface area contributed by atoms with E-state index >= 15 is 0 Å². The van der Waals surface area contributed by atoms with E-state index in [0.717, 1.165) is 6.42 Å². The number of hydrogen-bond acceptors (Lipinski definition) is 1. The lowest BCUT2D eigenvalue weighted by Crippen LogP contribution is -2.12. The third-order valence-corrected chi connectivity index (χ3v) is 2.71. The van der Waals surface area contributed by atoms with Crippen LogP contribution in [-0.2, 0) is 4.57 Å². The predicted molar refractivity (Wildman–Crippen MR) is 52.7 cm³/mol. The minimum Gasteiger partial charge on any atom is -0.275 e. The maximum absolute atomic E-state index is 10.4. The zero-order valence-electron chi connectivity index (χ0n) is 7.92. The summed E-state index contributed by atoms with van der Waals surface area (Å²) in [5, 5.41) is 0. The summed E-state index contributed by atoms with van der Waals surface area (Å²) in [5.74, 6) is 0. The van der Waals surface area contributed by atoms with Crippen molar-refractivity contribution in [1.29, 1.82) is 0 Å². The Kier molecular flexibility index (Phi) is 2.85. The second-order valence-corrected chi connectivity index (χ2v) is 4.67. The number of allylic oxidation sites excluding steroid dienone is 4. The maximum Gasteiger partial charge on any atom is 0.160 e. The summed E-state index contributed by atoms with van der Waals surface area (Å²) in [7, 11) is 0.225. The molecule has 1 aliphatic rings. The van der Waals surface area contributed by atoms with E-state index in [1.807, 2.05) is 0 Å². The van der Waals surface area contributed by atoms with Crippen LogP contribution < -0.4 is 0 Å². The zero-order valence-corrected chi connectivity index (χ0v) is 8.82. The van der Waals surface area contributed by atoms with E-state index in [0.29, 0.717) is 6.16 Å². The van der Waals surface area contributed by atoms with E-state index in [4.69, 9.17) is 0 Å². The van der Waals surface area contributed by atoms with E-state index in [2.05, 4.69) is 32.9 Å². The third-order valence-electron chi connectivity index (χ3n) is 2.24. The molecule has 0 bridgehead atoms.